The zero-order valence-electron chi connectivity index (χ0n) is 11.7. The molecule has 0 radical (unpaired) electrons. The second-order valence-electron chi connectivity index (χ2n) is 6.78. The molecule has 3 nitrogen and oxygen atoms in total. The van der Waals surface area contributed by atoms with Crippen molar-refractivity contribution in [3.63, 3.8) is 0 Å². The molecule has 0 unspecified atom stereocenters. The minimum atomic E-state index is -1.11. The summed E-state index contributed by atoms with van der Waals surface area (Å²) in [7, 11) is 0. The molecule has 0 aromatic carbocycles. The average molecular weight is 254 g/mol. The first-order valence-corrected chi connectivity index (χ1v) is 7.00. The van der Waals surface area contributed by atoms with Gasteiger partial charge in [-0.05, 0) is 44.4 Å². The second-order valence-corrected chi connectivity index (χ2v) is 6.78. The van der Waals surface area contributed by atoms with E-state index in [4.69, 9.17) is 0 Å². The zero-order valence-corrected chi connectivity index (χ0v) is 11.7. The lowest BCUT2D eigenvalue weighted by atomic mass is 9.74. The summed E-state index contributed by atoms with van der Waals surface area (Å²) in [5, 5.41) is 32.0. The van der Waals surface area contributed by atoms with E-state index in [1.54, 1.807) is 0 Å². The van der Waals surface area contributed by atoms with Crippen molar-refractivity contribution in [1.29, 1.82) is 0 Å². The van der Waals surface area contributed by atoms with Crippen molar-refractivity contribution in [2.24, 2.45) is 17.8 Å². The highest BCUT2D eigenvalue weighted by molar-refractivity contribution is 5.19. The van der Waals surface area contributed by atoms with Crippen LogP contribution >= 0.6 is 0 Å². The Bertz CT molecular complexity index is 348. The van der Waals surface area contributed by atoms with E-state index < -0.39 is 17.3 Å². The Hall–Kier alpha value is -0.380. The Morgan fingerprint density at radius 2 is 1.89 bits per heavy atom. The zero-order chi connectivity index (χ0) is 13.7. The molecule has 2 aliphatic carbocycles. The summed E-state index contributed by atoms with van der Waals surface area (Å²) in [5.41, 5.74) is -0.949. The molecule has 2 aliphatic rings. The van der Waals surface area contributed by atoms with Gasteiger partial charge in [-0.3, -0.25) is 0 Å². The molecule has 2 fully saturated rings. The lowest BCUT2D eigenvalue weighted by Crippen LogP contribution is -2.50. The van der Waals surface area contributed by atoms with Crippen molar-refractivity contribution in [2.45, 2.75) is 63.8 Å². The summed E-state index contributed by atoms with van der Waals surface area (Å²) in [6.45, 7) is 9.73. The summed E-state index contributed by atoms with van der Waals surface area (Å²) < 4.78 is 0. The molecule has 0 spiro atoms. The topological polar surface area (TPSA) is 60.7 Å². The van der Waals surface area contributed by atoms with Crippen LogP contribution in [0.1, 0.15) is 46.5 Å². The van der Waals surface area contributed by atoms with Gasteiger partial charge in [0.05, 0.1) is 17.3 Å². The molecule has 0 amide bonds. The molecule has 2 rings (SSSR count). The summed E-state index contributed by atoms with van der Waals surface area (Å²) >= 11 is 0. The molecule has 0 heterocycles. The maximum Gasteiger partial charge on any atom is 0.0935 e. The summed E-state index contributed by atoms with van der Waals surface area (Å²) in [4.78, 5) is 0. The molecule has 5 atom stereocenters. The highest BCUT2D eigenvalue weighted by Gasteiger charge is 2.55. The van der Waals surface area contributed by atoms with Crippen LogP contribution in [0.3, 0.4) is 0 Å². The van der Waals surface area contributed by atoms with Gasteiger partial charge in [0.15, 0.2) is 0 Å². The molecule has 104 valence electrons. The maximum absolute atomic E-state index is 10.8. The molecule has 0 aliphatic heterocycles. The molecule has 0 aromatic rings. The van der Waals surface area contributed by atoms with Crippen molar-refractivity contribution in [3.05, 3.63) is 12.2 Å². The number of rotatable bonds is 1. The summed E-state index contributed by atoms with van der Waals surface area (Å²) in [6.07, 6.45) is 1.87. The van der Waals surface area contributed by atoms with Crippen molar-refractivity contribution in [2.75, 3.05) is 0 Å². The summed E-state index contributed by atoms with van der Waals surface area (Å²) in [5.74, 6) is -0.182. The molecule has 3 N–H and O–H groups in total. The van der Waals surface area contributed by atoms with Gasteiger partial charge in [0, 0.05) is 5.92 Å². The minimum Gasteiger partial charge on any atom is -0.390 e. The average Bonchev–Trinajstić information content (AvgIpc) is 2.64. The molecular weight excluding hydrogens is 228 g/mol. The third kappa shape index (κ3) is 1.93. The van der Waals surface area contributed by atoms with E-state index in [-0.39, 0.29) is 17.8 Å². The van der Waals surface area contributed by atoms with Gasteiger partial charge in [0.1, 0.15) is 0 Å². The van der Waals surface area contributed by atoms with Crippen LogP contribution in [-0.4, -0.2) is 32.6 Å². The van der Waals surface area contributed by atoms with Crippen molar-refractivity contribution < 1.29 is 15.3 Å². The van der Waals surface area contributed by atoms with Crippen LogP contribution in [0.2, 0.25) is 0 Å². The fourth-order valence-corrected chi connectivity index (χ4v) is 3.84. The fourth-order valence-electron chi connectivity index (χ4n) is 3.84. The molecule has 3 heteroatoms. The normalized spacial score (nSPS) is 49.3. The van der Waals surface area contributed by atoms with Crippen LogP contribution in [0.15, 0.2) is 12.2 Å². The van der Waals surface area contributed by atoms with Gasteiger partial charge in [0.2, 0.25) is 0 Å². The molecule has 0 bridgehead atoms. The standard InChI is InChI=1S/C15H26O3/c1-9(2)15(18)8-7-14(4,17)11-6-5-10(3)12(11)13(15)16/h9,11-13,16-18H,3,5-8H2,1-2,4H3/t11-,12-,13+,14-,15+/m0/s1. The Morgan fingerprint density at radius 1 is 1.28 bits per heavy atom. The van der Waals surface area contributed by atoms with Crippen LogP contribution in [0.25, 0.3) is 0 Å². The van der Waals surface area contributed by atoms with Crippen molar-refractivity contribution >= 4 is 0 Å². The van der Waals surface area contributed by atoms with Gasteiger partial charge in [0.25, 0.3) is 0 Å². The fraction of sp³-hybridized carbons (Fsp3) is 0.867. The molecule has 18 heavy (non-hydrogen) atoms. The highest BCUT2D eigenvalue weighted by Crippen LogP contribution is 2.51. The van der Waals surface area contributed by atoms with Crippen LogP contribution in [0.5, 0.6) is 0 Å². The lowest BCUT2D eigenvalue weighted by Gasteiger charge is -2.39. The number of aliphatic hydroxyl groups excluding tert-OH is 1. The third-order valence-electron chi connectivity index (χ3n) is 5.36. The predicted molar refractivity (Wildman–Crippen MR) is 71.0 cm³/mol. The Morgan fingerprint density at radius 3 is 2.44 bits per heavy atom. The van der Waals surface area contributed by atoms with E-state index in [2.05, 4.69) is 6.58 Å². The van der Waals surface area contributed by atoms with Gasteiger partial charge in [-0.15, -0.1) is 0 Å². The largest absolute Gasteiger partial charge is 0.390 e. The van der Waals surface area contributed by atoms with E-state index in [9.17, 15) is 15.3 Å². The van der Waals surface area contributed by atoms with Gasteiger partial charge in [-0.1, -0.05) is 26.0 Å². The number of hydrogen-bond acceptors (Lipinski definition) is 3. The number of hydrogen-bond donors (Lipinski definition) is 3. The molecule has 2 saturated carbocycles. The Kier molecular flexibility index (Phi) is 3.37. The van der Waals surface area contributed by atoms with Gasteiger partial charge < -0.3 is 15.3 Å². The minimum absolute atomic E-state index is 0.0211. The number of fused-ring (bicyclic) bond motifs is 1. The first-order valence-electron chi connectivity index (χ1n) is 7.00. The Labute approximate surface area is 110 Å². The first kappa shape index (κ1) is 14.0. The quantitative estimate of drug-likeness (QED) is 0.626. The van der Waals surface area contributed by atoms with E-state index in [0.717, 1.165) is 18.4 Å². The van der Waals surface area contributed by atoms with Crippen LogP contribution in [0.4, 0.5) is 0 Å². The van der Waals surface area contributed by atoms with Gasteiger partial charge >= 0.3 is 0 Å². The SMILES string of the molecule is C=C1CC[C@H]2[C@H]1[C@@H](O)[C@](O)(C(C)C)CC[C@]2(C)O. The number of aliphatic hydroxyl groups is 3. The van der Waals surface area contributed by atoms with E-state index in [0.29, 0.717) is 12.8 Å². The second kappa shape index (κ2) is 4.32. The third-order valence-corrected chi connectivity index (χ3v) is 5.36. The molecule has 0 aromatic heterocycles. The van der Waals surface area contributed by atoms with Gasteiger partial charge in [-0.25, -0.2) is 0 Å². The van der Waals surface area contributed by atoms with Crippen LogP contribution in [-0.2, 0) is 0 Å². The summed E-state index contributed by atoms with van der Waals surface area (Å²) in [6, 6.07) is 0. The van der Waals surface area contributed by atoms with Crippen LogP contribution < -0.4 is 0 Å². The Balaban J connectivity index is 2.42. The maximum atomic E-state index is 10.8. The predicted octanol–water partition coefficient (Wildman–Crippen LogP) is 1.86. The molecule has 0 saturated heterocycles. The van der Waals surface area contributed by atoms with Crippen molar-refractivity contribution in [3.8, 4) is 0 Å². The molecular formula is C15H26O3. The monoisotopic (exact) mass is 254 g/mol. The van der Waals surface area contributed by atoms with Gasteiger partial charge in [-0.2, -0.15) is 0 Å². The smallest absolute Gasteiger partial charge is 0.0935 e. The van der Waals surface area contributed by atoms with Crippen LogP contribution in [0, 0.1) is 17.8 Å². The van der Waals surface area contributed by atoms with E-state index >= 15 is 0 Å². The lowest BCUT2D eigenvalue weighted by molar-refractivity contribution is -0.125. The first-order chi connectivity index (χ1) is 8.20. The van der Waals surface area contributed by atoms with E-state index in [1.165, 1.54) is 0 Å². The highest BCUT2D eigenvalue weighted by atomic mass is 16.3. The van der Waals surface area contributed by atoms with E-state index in [1.807, 2.05) is 20.8 Å². The van der Waals surface area contributed by atoms with Crippen molar-refractivity contribution in [1.82, 2.24) is 0 Å².